The molecule has 0 spiro atoms. The van der Waals surface area contributed by atoms with Gasteiger partial charge in [0.25, 0.3) is 0 Å². The maximum absolute atomic E-state index is 13.5. The molecule has 3 saturated heterocycles. The fraction of sp³-hybridized carbons (Fsp3) is 0.432. The molecule has 3 aliphatic rings. The summed E-state index contributed by atoms with van der Waals surface area (Å²) in [6.45, 7) is 4.05. The molecule has 2 N–H and O–H groups in total. The van der Waals surface area contributed by atoms with Crippen LogP contribution in [0, 0.1) is 5.92 Å². The van der Waals surface area contributed by atoms with E-state index in [9.17, 15) is 24.6 Å². The highest BCUT2D eigenvalue weighted by Gasteiger charge is 2.59. The van der Waals surface area contributed by atoms with E-state index in [-0.39, 0.29) is 17.7 Å². The summed E-state index contributed by atoms with van der Waals surface area (Å²) in [6.07, 6.45) is -10.2. The van der Waals surface area contributed by atoms with Crippen LogP contribution in [0.4, 0.5) is 0 Å². The molecule has 0 amide bonds. The second-order valence-corrected chi connectivity index (χ2v) is 12.8. The van der Waals surface area contributed by atoms with Gasteiger partial charge >= 0.3 is 17.9 Å². The van der Waals surface area contributed by atoms with Crippen LogP contribution >= 0.6 is 0 Å². The Balaban J connectivity index is 1.33. The number of fused-ring (bicyclic) bond motifs is 1. The molecule has 13 heteroatoms. The lowest BCUT2D eigenvalue weighted by Crippen LogP contribution is -2.60. The van der Waals surface area contributed by atoms with Gasteiger partial charge in [-0.15, -0.1) is 0 Å². The Morgan fingerprint density at radius 1 is 0.740 bits per heavy atom. The smallest absolute Gasteiger partial charge is 0.338 e. The molecule has 3 aromatic carbocycles. The Bertz CT molecular complexity index is 1600. The van der Waals surface area contributed by atoms with Gasteiger partial charge in [-0.25, -0.2) is 14.4 Å². The zero-order valence-corrected chi connectivity index (χ0v) is 27.7. The maximum atomic E-state index is 13.5. The minimum atomic E-state index is -1.39. The van der Waals surface area contributed by atoms with Crippen molar-refractivity contribution in [1.29, 1.82) is 0 Å². The first-order valence-corrected chi connectivity index (χ1v) is 16.4. The molecule has 13 nitrogen and oxygen atoms in total. The highest BCUT2D eigenvalue weighted by molar-refractivity contribution is 5.90. The Hall–Kier alpha value is -4.21. The van der Waals surface area contributed by atoms with Gasteiger partial charge < -0.3 is 48.1 Å². The van der Waals surface area contributed by atoms with Crippen molar-refractivity contribution in [3.8, 4) is 0 Å². The van der Waals surface area contributed by atoms with Crippen LogP contribution in [-0.2, 0) is 37.9 Å². The number of benzene rings is 3. The van der Waals surface area contributed by atoms with E-state index in [1.165, 1.54) is 0 Å². The third kappa shape index (κ3) is 7.89. The number of hydrogen-bond acceptors (Lipinski definition) is 13. The lowest BCUT2D eigenvalue weighted by atomic mass is 9.90. The molecule has 3 heterocycles. The third-order valence-electron chi connectivity index (χ3n) is 8.76. The van der Waals surface area contributed by atoms with Gasteiger partial charge in [-0.3, -0.25) is 0 Å². The zero-order chi connectivity index (χ0) is 35.4. The summed E-state index contributed by atoms with van der Waals surface area (Å²) in [4.78, 5) is 39.9. The average molecular weight is 693 g/mol. The van der Waals surface area contributed by atoms with Crippen molar-refractivity contribution in [3.63, 3.8) is 0 Å². The molecular weight excluding hydrogens is 652 g/mol. The molecular formula is C37H40O13. The van der Waals surface area contributed by atoms with E-state index in [0.29, 0.717) is 5.56 Å². The first-order chi connectivity index (χ1) is 24.0. The number of hydrogen-bond donors (Lipinski definition) is 2. The van der Waals surface area contributed by atoms with Crippen LogP contribution in [-0.4, -0.2) is 102 Å². The molecule has 0 aliphatic carbocycles. The summed E-state index contributed by atoms with van der Waals surface area (Å²) in [5, 5.41) is 20.5. The van der Waals surface area contributed by atoms with E-state index in [1.54, 1.807) is 112 Å². The molecule has 0 saturated carbocycles. The molecule has 4 unspecified atom stereocenters. The molecule has 266 valence electrons. The lowest BCUT2D eigenvalue weighted by molar-refractivity contribution is -0.314. The fourth-order valence-corrected chi connectivity index (χ4v) is 6.26. The van der Waals surface area contributed by atoms with Crippen LogP contribution < -0.4 is 0 Å². The van der Waals surface area contributed by atoms with Crippen molar-refractivity contribution in [2.45, 2.75) is 81.9 Å². The van der Waals surface area contributed by atoms with Gasteiger partial charge in [-0.1, -0.05) is 61.5 Å². The van der Waals surface area contributed by atoms with Gasteiger partial charge in [0, 0.05) is 5.92 Å². The van der Waals surface area contributed by atoms with Crippen LogP contribution in [0.1, 0.15) is 51.8 Å². The number of carbonyl (C=O) groups is 3. The average Bonchev–Trinajstić information content (AvgIpc) is 3.62. The minimum Gasteiger partial charge on any atom is -0.459 e. The summed E-state index contributed by atoms with van der Waals surface area (Å²) in [7, 11) is 0. The van der Waals surface area contributed by atoms with Gasteiger partial charge in [0.05, 0.1) is 23.3 Å². The van der Waals surface area contributed by atoms with Gasteiger partial charge in [0.2, 0.25) is 0 Å². The topological polar surface area (TPSA) is 166 Å². The van der Waals surface area contributed by atoms with Gasteiger partial charge in [0.1, 0.15) is 43.2 Å². The molecule has 0 radical (unpaired) electrons. The van der Waals surface area contributed by atoms with Crippen molar-refractivity contribution >= 4 is 17.9 Å². The summed E-state index contributed by atoms with van der Waals surface area (Å²) in [5.41, 5.74) is 0.821. The highest BCUT2D eigenvalue weighted by atomic mass is 16.9. The van der Waals surface area contributed by atoms with E-state index in [4.69, 9.17) is 37.9 Å². The van der Waals surface area contributed by atoms with Crippen molar-refractivity contribution in [2.75, 3.05) is 13.2 Å². The van der Waals surface area contributed by atoms with Crippen LogP contribution in [0.25, 0.3) is 0 Å². The summed E-state index contributed by atoms with van der Waals surface area (Å²) in [5.74, 6) is -3.87. The quantitative estimate of drug-likeness (QED) is 0.222. The molecule has 6 rings (SSSR count). The number of aliphatic hydroxyl groups is 2. The van der Waals surface area contributed by atoms with Gasteiger partial charge in [-0.2, -0.15) is 0 Å². The SMILES string of the molecule is C[C@@H]1C(OC(=O)c2ccccc2)[C@H](O[C@@H]2C3OC(C)(C)O[C@@H]3O[C@H]2C(O)CO)OC(COC(=O)c2ccccc2)[C@@H]1OC(=O)c1ccccc1. The van der Waals surface area contributed by atoms with E-state index in [1.807, 2.05) is 0 Å². The van der Waals surface area contributed by atoms with E-state index >= 15 is 0 Å². The number of ether oxygens (including phenoxy) is 8. The number of rotatable bonds is 11. The fourth-order valence-electron chi connectivity index (χ4n) is 6.26. The van der Waals surface area contributed by atoms with Crippen molar-refractivity contribution in [3.05, 3.63) is 108 Å². The Morgan fingerprint density at radius 2 is 1.26 bits per heavy atom. The predicted molar refractivity (Wildman–Crippen MR) is 173 cm³/mol. The standard InChI is InChI=1S/C37H40O13/c1-21-27(45-33(41)23-15-9-5-10-16-23)26(20-43-32(40)22-13-7-4-8-14-22)44-35(28(21)46-34(42)24-17-11-6-12-18-24)48-30-29(25(39)19-38)47-36-31(30)49-37(2,3)50-36/h4-18,21,25-31,35-36,38-39H,19-20H2,1-3H3/t21-,25?,26?,27+,28?,29-,30-,31?,35-,36-/m0/s1. The van der Waals surface area contributed by atoms with Crippen molar-refractivity contribution in [2.24, 2.45) is 5.92 Å². The van der Waals surface area contributed by atoms with Crippen LogP contribution in [0.3, 0.4) is 0 Å². The largest absolute Gasteiger partial charge is 0.459 e. The van der Waals surface area contributed by atoms with Crippen LogP contribution in [0.5, 0.6) is 0 Å². The summed E-state index contributed by atoms with van der Waals surface area (Å²) < 4.78 is 48.5. The second kappa shape index (κ2) is 15.4. The molecule has 0 aromatic heterocycles. The first-order valence-electron chi connectivity index (χ1n) is 16.4. The lowest BCUT2D eigenvalue weighted by Gasteiger charge is -2.45. The normalized spacial score (nSPS) is 30.5. The Morgan fingerprint density at radius 3 is 1.80 bits per heavy atom. The highest BCUT2D eigenvalue weighted by Crippen LogP contribution is 2.42. The Kier molecular flexibility index (Phi) is 10.9. The zero-order valence-electron chi connectivity index (χ0n) is 27.7. The van der Waals surface area contributed by atoms with Crippen LogP contribution in [0.2, 0.25) is 0 Å². The molecule has 0 bridgehead atoms. The summed E-state index contributed by atoms with van der Waals surface area (Å²) in [6, 6.07) is 25.0. The molecule has 10 atom stereocenters. The summed E-state index contributed by atoms with van der Waals surface area (Å²) >= 11 is 0. The molecule has 3 aromatic rings. The number of carbonyl (C=O) groups excluding carboxylic acids is 3. The second-order valence-electron chi connectivity index (χ2n) is 12.8. The van der Waals surface area contributed by atoms with E-state index < -0.39 is 91.5 Å². The third-order valence-corrected chi connectivity index (χ3v) is 8.76. The van der Waals surface area contributed by atoms with E-state index in [2.05, 4.69) is 0 Å². The minimum absolute atomic E-state index is 0.252. The molecule has 50 heavy (non-hydrogen) atoms. The monoisotopic (exact) mass is 692 g/mol. The van der Waals surface area contributed by atoms with Crippen LogP contribution in [0.15, 0.2) is 91.0 Å². The molecule has 3 fully saturated rings. The van der Waals surface area contributed by atoms with Gasteiger partial charge in [0.15, 0.2) is 24.5 Å². The van der Waals surface area contributed by atoms with E-state index in [0.717, 1.165) is 0 Å². The van der Waals surface area contributed by atoms with Gasteiger partial charge in [-0.05, 0) is 50.2 Å². The first kappa shape index (κ1) is 35.6. The molecule has 3 aliphatic heterocycles. The van der Waals surface area contributed by atoms with Crippen molar-refractivity contribution in [1.82, 2.24) is 0 Å². The predicted octanol–water partition coefficient (Wildman–Crippen LogP) is 3.27. The number of aliphatic hydroxyl groups excluding tert-OH is 2. The number of esters is 3. The Labute approximate surface area is 288 Å². The maximum Gasteiger partial charge on any atom is 0.338 e. The van der Waals surface area contributed by atoms with Crippen molar-refractivity contribution < 1.29 is 62.5 Å².